The quantitative estimate of drug-likeness (QED) is 0.641. The second kappa shape index (κ2) is 5.18. The summed E-state index contributed by atoms with van der Waals surface area (Å²) < 4.78 is 1.61. The van der Waals surface area contributed by atoms with Crippen molar-refractivity contribution in [2.45, 2.75) is 25.7 Å². The van der Waals surface area contributed by atoms with E-state index in [1.54, 1.807) is 28.0 Å². The first-order chi connectivity index (χ1) is 11.7. The number of aromatic amines is 1. The van der Waals surface area contributed by atoms with E-state index in [9.17, 15) is 4.79 Å². The Kier molecular flexibility index (Phi) is 3.12. The van der Waals surface area contributed by atoms with Crippen LogP contribution in [-0.4, -0.2) is 19.8 Å². The molecule has 4 rings (SSSR count). The van der Waals surface area contributed by atoms with Crippen LogP contribution >= 0.6 is 11.3 Å². The van der Waals surface area contributed by atoms with Crippen LogP contribution in [0.4, 0.5) is 0 Å². The maximum absolute atomic E-state index is 12.6. The summed E-state index contributed by atoms with van der Waals surface area (Å²) >= 11 is 1.55. The van der Waals surface area contributed by atoms with Crippen molar-refractivity contribution in [3.8, 4) is 12.1 Å². The number of H-pyrrole nitrogens is 1. The number of nitrogens with zero attached hydrogens (tertiary/aromatic N) is 5. The third kappa shape index (κ3) is 1.85. The van der Waals surface area contributed by atoms with Gasteiger partial charge < -0.3 is 5.73 Å². The maximum Gasteiger partial charge on any atom is 0.282 e. The summed E-state index contributed by atoms with van der Waals surface area (Å²) in [6, 6.07) is 3.45. The number of hydrogen-bond acceptors (Lipinski definition) is 7. The predicted octanol–water partition coefficient (Wildman–Crippen LogP) is 1.23. The number of nitrogens with two attached hydrogens (primary N) is 1. The lowest BCUT2D eigenvalue weighted by Crippen LogP contribution is -2.12. The number of nitrogens with one attached hydrogen (secondary N) is 1. The second-order valence-electron chi connectivity index (χ2n) is 5.54. The van der Waals surface area contributed by atoms with E-state index >= 15 is 0 Å². The Hall–Kier alpha value is -3.17. The van der Waals surface area contributed by atoms with E-state index in [0.29, 0.717) is 5.39 Å². The van der Waals surface area contributed by atoms with Crippen LogP contribution < -0.4 is 11.3 Å². The average molecular weight is 337 g/mol. The fourth-order valence-corrected chi connectivity index (χ4v) is 4.41. The molecule has 8 nitrogen and oxygen atoms in total. The number of aryl methyl sites for hydroxylation is 2. The monoisotopic (exact) mass is 337 g/mol. The molecule has 9 heteroatoms. The highest BCUT2D eigenvalue weighted by molar-refractivity contribution is 7.18. The lowest BCUT2D eigenvalue weighted by molar-refractivity contribution is 0.700. The topological polar surface area (TPSA) is 137 Å². The summed E-state index contributed by atoms with van der Waals surface area (Å²) in [4.78, 5) is 18.6. The van der Waals surface area contributed by atoms with Crippen LogP contribution in [0.2, 0.25) is 0 Å². The molecule has 3 N–H and O–H groups in total. The predicted molar refractivity (Wildman–Crippen MR) is 88.0 cm³/mol. The van der Waals surface area contributed by atoms with Crippen molar-refractivity contribution in [1.82, 2.24) is 19.8 Å². The van der Waals surface area contributed by atoms with Gasteiger partial charge in [-0.15, -0.1) is 11.3 Å². The molecule has 0 bridgehead atoms. The first kappa shape index (κ1) is 14.4. The molecule has 1 aliphatic carbocycles. The zero-order chi connectivity index (χ0) is 16.8. The van der Waals surface area contributed by atoms with E-state index in [4.69, 9.17) is 16.3 Å². The fourth-order valence-electron chi connectivity index (χ4n) is 3.07. The minimum atomic E-state index is -0.324. The van der Waals surface area contributed by atoms with E-state index in [2.05, 4.69) is 15.3 Å². The first-order valence-corrected chi connectivity index (χ1v) is 8.19. The Morgan fingerprint density at radius 3 is 2.79 bits per heavy atom. The number of rotatable bonds is 1. The number of fused-ring (bicyclic) bond motifs is 5. The Bertz CT molecular complexity index is 1150. The fraction of sp³-hybridized carbons (Fsp3) is 0.267. The number of hydrogen-bond donors (Lipinski definition) is 2. The normalized spacial score (nSPS) is 13.4. The van der Waals surface area contributed by atoms with Gasteiger partial charge in [-0.05, 0) is 31.2 Å². The largest absolute Gasteiger partial charge is 0.395 e. The SMILES string of the molecule is N#CC(C#N)=C(N)c1n[nH]n2c1nc(=O)c1c3c(sc12)CCCC3. The van der Waals surface area contributed by atoms with Crippen LogP contribution in [0, 0.1) is 22.7 Å². The molecule has 0 spiro atoms. The summed E-state index contributed by atoms with van der Waals surface area (Å²) in [5.74, 6) is 0. The molecule has 0 radical (unpaired) electrons. The van der Waals surface area contributed by atoms with E-state index in [0.717, 1.165) is 36.1 Å². The molecule has 0 atom stereocenters. The highest BCUT2D eigenvalue weighted by Crippen LogP contribution is 2.34. The Labute approximate surface area is 139 Å². The van der Waals surface area contributed by atoms with Gasteiger partial charge in [-0.2, -0.15) is 20.6 Å². The number of thiophene rings is 1. The van der Waals surface area contributed by atoms with E-state index in [1.807, 2.05) is 0 Å². The third-order valence-corrected chi connectivity index (χ3v) is 5.49. The molecule has 0 saturated carbocycles. The van der Waals surface area contributed by atoms with Gasteiger partial charge in [0.2, 0.25) is 0 Å². The van der Waals surface area contributed by atoms with Crippen LogP contribution in [0.1, 0.15) is 29.0 Å². The van der Waals surface area contributed by atoms with Crippen LogP contribution in [0.15, 0.2) is 10.4 Å². The zero-order valence-corrected chi connectivity index (χ0v) is 13.3. The van der Waals surface area contributed by atoms with Gasteiger partial charge in [0.05, 0.1) is 11.1 Å². The Balaban J connectivity index is 2.09. The Morgan fingerprint density at radius 1 is 1.29 bits per heavy atom. The van der Waals surface area contributed by atoms with Crippen molar-refractivity contribution in [3.63, 3.8) is 0 Å². The number of allylic oxidation sites excluding steroid dienone is 1. The van der Waals surface area contributed by atoms with Gasteiger partial charge in [0, 0.05) is 4.88 Å². The molecule has 3 aromatic heterocycles. The molecule has 118 valence electrons. The van der Waals surface area contributed by atoms with Gasteiger partial charge >= 0.3 is 0 Å². The van der Waals surface area contributed by atoms with Crippen molar-refractivity contribution in [1.29, 1.82) is 10.5 Å². The first-order valence-electron chi connectivity index (χ1n) is 7.37. The summed E-state index contributed by atoms with van der Waals surface area (Å²) in [6.07, 6.45) is 4.03. The minimum absolute atomic E-state index is 0.0914. The lowest BCUT2D eigenvalue weighted by Gasteiger charge is -2.09. The molecule has 24 heavy (non-hydrogen) atoms. The smallest absolute Gasteiger partial charge is 0.282 e. The van der Waals surface area contributed by atoms with E-state index in [1.165, 1.54) is 4.88 Å². The van der Waals surface area contributed by atoms with Crippen molar-refractivity contribution in [2.75, 3.05) is 0 Å². The minimum Gasteiger partial charge on any atom is -0.395 e. The van der Waals surface area contributed by atoms with Crippen LogP contribution in [0.25, 0.3) is 21.6 Å². The van der Waals surface area contributed by atoms with Gasteiger partial charge in [-0.25, -0.2) is 9.73 Å². The molecule has 1 aliphatic rings. The molecule has 0 aliphatic heterocycles. The van der Waals surface area contributed by atoms with Crippen molar-refractivity contribution in [3.05, 3.63) is 32.1 Å². The molecule has 0 amide bonds. The van der Waals surface area contributed by atoms with Crippen LogP contribution in [-0.2, 0) is 12.8 Å². The standard InChI is InChI=1S/C15H11N7OS/c16-5-7(6-17)11(18)12-13-19-14(23)10-8-3-1-2-4-9(8)24-15(10)22(13)21-20-12/h21H,1-4,18H2. The summed E-state index contributed by atoms with van der Waals surface area (Å²) in [5.41, 5.74) is 6.64. The molecule has 0 saturated heterocycles. The molecule has 0 fully saturated rings. The van der Waals surface area contributed by atoms with Gasteiger partial charge in [0.25, 0.3) is 5.56 Å². The summed E-state index contributed by atoms with van der Waals surface area (Å²) in [6.45, 7) is 0. The van der Waals surface area contributed by atoms with Gasteiger partial charge in [-0.3, -0.25) is 4.79 Å². The lowest BCUT2D eigenvalue weighted by atomic mass is 9.97. The van der Waals surface area contributed by atoms with E-state index in [-0.39, 0.29) is 28.2 Å². The molecule has 3 aromatic rings. The highest BCUT2D eigenvalue weighted by Gasteiger charge is 2.23. The van der Waals surface area contributed by atoms with Gasteiger partial charge in [-0.1, -0.05) is 0 Å². The highest BCUT2D eigenvalue weighted by atomic mass is 32.1. The molecular weight excluding hydrogens is 326 g/mol. The van der Waals surface area contributed by atoms with Crippen LogP contribution in [0.3, 0.4) is 0 Å². The van der Waals surface area contributed by atoms with Crippen molar-refractivity contribution >= 4 is 32.9 Å². The van der Waals surface area contributed by atoms with Gasteiger partial charge in [0.1, 0.15) is 17.0 Å². The van der Waals surface area contributed by atoms with Crippen molar-refractivity contribution < 1.29 is 0 Å². The van der Waals surface area contributed by atoms with Crippen LogP contribution in [0.5, 0.6) is 0 Å². The van der Waals surface area contributed by atoms with Crippen molar-refractivity contribution in [2.24, 2.45) is 5.73 Å². The second-order valence-corrected chi connectivity index (χ2v) is 6.62. The zero-order valence-electron chi connectivity index (χ0n) is 12.5. The molecule has 0 aromatic carbocycles. The van der Waals surface area contributed by atoms with E-state index < -0.39 is 0 Å². The molecular formula is C15H11N7OS. The molecule has 0 unspecified atom stereocenters. The number of aromatic nitrogens is 4. The number of nitriles is 2. The third-order valence-electron chi connectivity index (χ3n) is 4.21. The average Bonchev–Trinajstić information content (AvgIpc) is 3.17. The summed E-state index contributed by atoms with van der Waals surface area (Å²) in [7, 11) is 0. The summed E-state index contributed by atoms with van der Waals surface area (Å²) in [5, 5.41) is 25.4. The maximum atomic E-state index is 12.6. The Morgan fingerprint density at radius 2 is 2.04 bits per heavy atom. The molecule has 3 heterocycles. The van der Waals surface area contributed by atoms with Gasteiger partial charge in [0.15, 0.2) is 16.9 Å².